The highest BCUT2D eigenvalue weighted by Gasteiger charge is 2.23. The summed E-state index contributed by atoms with van der Waals surface area (Å²) in [4.78, 5) is 15.1. The number of aliphatic imine (C=N–C) groups is 1. The predicted octanol–water partition coefficient (Wildman–Crippen LogP) is 3.43. The first kappa shape index (κ1) is 16.8. The van der Waals surface area contributed by atoms with Gasteiger partial charge in [0, 0.05) is 48.5 Å². The molecule has 5 heteroatoms. The highest BCUT2D eigenvalue weighted by molar-refractivity contribution is 5.96. The van der Waals surface area contributed by atoms with Gasteiger partial charge < -0.3 is 0 Å². The molecule has 3 aromatic rings. The predicted molar refractivity (Wildman–Crippen MR) is 105 cm³/mol. The molecule has 5 rings (SSSR count). The molecule has 0 saturated carbocycles. The third kappa shape index (κ3) is 4.33. The van der Waals surface area contributed by atoms with Gasteiger partial charge in [-0.05, 0) is 41.4 Å². The van der Waals surface area contributed by atoms with Crippen molar-refractivity contribution in [1.29, 1.82) is 0 Å². The highest BCUT2D eigenvalue weighted by Crippen LogP contribution is 2.14. The third-order valence-electron chi connectivity index (χ3n) is 4.18. The molecule has 0 saturated heterocycles. The van der Waals surface area contributed by atoms with E-state index in [0.29, 0.717) is 0 Å². The molecule has 0 radical (unpaired) electrons. The molecule has 0 atom stereocenters. The molecule has 0 unspecified atom stereocenters. The summed E-state index contributed by atoms with van der Waals surface area (Å²) >= 11 is 0. The summed E-state index contributed by atoms with van der Waals surface area (Å²) in [6.07, 6.45) is 14.6. The second kappa shape index (κ2) is 8.19. The maximum Gasteiger partial charge on any atom is 0.327 e. The fourth-order valence-corrected chi connectivity index (χ4v) is 2.85. The van der Waals surface area contributed by atoms with E-state index in [2.05, 4.69) is 24.4 Å². The van der Waals surface area contributed by atoms with Crippen LogP contribution in [0.3, 0.4) is 0 Å². The van der Waals surface area contributed by atoms with Crippen LogP contribution in [0.15, 0.2) is 103 Å². The molecule has 0 aliphatic carbocycles. The SMILES string of the molecule is C1=CC2=Nc3cccc[n+]3CN2C=C1.c1ccc(Cc2ccccn2)nc1. The molecule has 0 fully saturated rings. The van der Waals surface area contributed by atoms with Crippen LogP contribution in [0.25, 0.3) is 0 Å². The molecule has 2 aliphatic heterocycles. The van der Waals surface area contributed by atoms with Crippen molar-refractivity contribution in [2.45, 2.75) is 13.1 Å². The van der Waals surface area contributed by atoms with E-state index in [-0.39, 0.29) is 0 Å². The molecule has 5 nitrogen and oxygen atoms in total. The van der Waals surface area contributed by atoms with Crippen molar-refractivity contribution in [1.82, 2.24) is 14.9 Å². The number of aromatic nitrogens is 3. The summed E-state index contributed by atoms with van der Waals surface area (Å²) < 4.78 is 2.12. The lowest BCUT2D eigenvalue weighted by molar-refractivity contribution is -0.700. The summed E-state index contributed by atoms with van der Waals surface area (Å²) in [5, 5.41) is 0. The fraction of sp³-hybridized carbons (Fsp3) is 0.0909. The van der Waals surface area contributed by atoms with E-state index in [1.54, 1.807) is 12.4 Å². The molecule has 0 spiro atoms. The molecule has 3 aromatic heterocycles. The molecule has 2 aliphatic rings. The van der Waals surface area contributed by atoms with Crippen LogP contribution >= 0.6 is 0 Å². The minimum absolute atomic E-state index is 0.807. The van der Waals surface area contributed by atoms with E-state index in [4.69, 9.17) is 0 Å². The Morgan fingerprint density at radius 1 is 0.852 bits per heavy atom. The Morgan fingerprint density at radius 3 is 2.30 bits per heavy atom. The van der Waals surface area contributed by atoms with Crippen LogP contribution in [-0.2, 0) is 13.1 Å². The molecule has 132 valence electrons. The first-order valence-electron chi connectivity index (χ1n) is 8.87. The maximum atomic E-state index is 4.53. The summed E-state index contributed by atoms with van der Waals surface area (Å²) in [6, 6.07) is 17.9. The quantitative estimate of drug-likeness (QED) is 0.663. The van der Waals surface area contributed by atoms with Gasteiger partial charge in [0.05, 0.1) is 6.20 Å². The minimum Gasteiger partial charge on any atom is -0.275 e. The van der Waals surface area contributed by atoms with Gasteiger partial charge in [0.25, 0.3) is 5.84 Å². The number of allylic oxidation sites excluding steroid dienone is 2. The Hall–Kier alpha value is -3.60. The van der Waals surface area contributed by atoms with Gasteiger partial charge in [-0.15, -0.1) is 0 Å². The van der Waals surface area contributed by atoms with Crippen LogP contribution in [0, 0.1) is 0 Å². The number of rotatable bonds is 2. The van der Waals surface area contributed by atoms with Crippen molar-refractivity contribution in [3.8, 4) is 0 Å². The van der Waals surface area contributed by atoms with Gasteiger partial charge in [-0.3, -0.25) is 14.9 Å². The zero-order valence-electron chi connectivity index (χ0n) is 14.9. The Labute approximate surface area is 158 Å². The van der Waals surface area contributed by atoms with Gasteiger partial charge in [0.2, 0.25) is 0 Å². The second-order valence-electron chi connectivity index (χ2n) is 6.13. The van der Waals surface area contributed by atoms with Gasteiger partial charge in [-0.25, -0.2) is 4.57 Å². The average Bonchev–Trinajstić information content (AvgIpc) is 2.74. The van der Waals surface area contributed by atoms with Crippen molar-refractivity contribution < 1.29 is 4.57 Å². The molecular weight excluding hydrogens is 334 g/mol. The first-order valence-corrected chi connectivity index (χ1v) is 8.87. The first-order chi connectivity index (χ1) is 13.4. The number of fused-ring (bicyclic) bond motifs is 2. The van der Waals surface area contributed by atoms with Gasteiger partial charge in [0.1, 0.15) is 0 Å². The average molecular weight is 354 g/mol. The number of pyridine rings is 3. The van der Waals surface area contributed by atoms with E-state index in [9.17, 15) is 0 Å². The van der Waals surface area contributed by atoms with E-state index >= 15 is 0 Å². The minimum atomic E-state index is 0.807. The van der Waals surface area contributed by atoms with Crippen LogP contribution in [0.4, 0.5) is 5.82 Å². The van der Waals surface area contributed by atoms with Crippen molar-refractivity contribution in [3.05, 3.63) is 109 Å². The summed E-state index contributed by atoms with van der Waals surface area (Å²) in [5.41, 5.74) is 2.11. The maximum absolute atomic E-state index is 4.53. The highest BCUT2D eigenvalue weighted by atomic mass is 15.3. The normalized spacial score (nSPS) is 13.8. The topological polar surface area (TPSA) is 45.3 Å². The lowest BCUT2D eigenvalue weighted by Gasteiger charge is -2.21. The molecule has 0 amide bonds. The zero-order valence-corrected chi connectivity index (χ0v) is 14.9. The van der Waals surface area contributed by atoms with Crippen LogP contribution in [-0.4, -0.2) is 20.7 Å². The Balaban J connectivity index is 0.000000134. The summed E-state index contributed by atoms with van der Waals surface area (Å²) in [7, 11) is 0. The lowest BCUT2D eigenvalue weighted by atomic mass is 10.2. The second-order valence-corrected chi connectivity index (χ2v) is 6.13. The van der Waals surface area contributed by atoms with Crippen molar-refractivity contribution in [2.24, 2.45) is 4.99 Å². The Bertz CT molecular complexity index is 940. The van der Waals surface area contributed by atoms with E-state index in [0.717, 1.165) is 36.1 Å². The van der Waals surface area contributed by atoms with Crippen LogP contribution < -0.4 is 4.57 Å². The molecule has 0 aromatic carbocycles. The molecule has 0 bridgehead atoms. The summed E-state index contributed by atoms with van der Waals surface area (Å²) in [5.74, 6) is 2.03. The lowest BCUT2D eigenvalue weighted by Crippen LogP contribution is -2.47. The zero-order chi connectivity index (χ0) is 18.3. The summed E-state index contributed by atoms with van der Waals surface area (Å²) in [6.45, 7) is 0.843. The van der Waals surface area contributed by atoms with Crippen molar-refractivity contribution in [2.75, 3.05) is 0 Å². The standard InChI is InChI=1S/C11H10N3.C11H10N2/c1-3-7-13-9-14-8-4-2-6-11(14)12-10(13)5-1;1-3-7-12-10(5-1)9-11-6-2-4-8-13-11/h1-8H,9H2;1-8H,9H2/q+1;. The molecule has 0 N–H and O–H groups in total. The number of hydrogen-bond acceptors (Lipinski definition) is 4. The van der Waals surface area contributed by atoms with Crippen LogP contribution in [0.2, 0.25) is 0 Å². The Morgan fingerprint density at radius 2 is 1.59 bits per heavy atom. The largest absolute Gasteiger partial charge is 0.327 e. The van der Waals surface area contributed by atoms with E-state index in [1.807, 2.05) is 85.2 Å². The number of amidine groups is 1. The van der Waals surface area contributed by atoms with Crippen LogP contribution in [0.1, 0.15) is 11.4 Å². The number of nitrogens with zero attached hydrogens (tertiary/aromatic N) is 5. The fourth-order valence-electron chi connectivity index (χ4n) is 2.85. The molecule has 27 heavy (non-hydrogen) atoms. The van der Waals surface area contributed by atoms with Gasteiger partial charge in [-0.2, -0.15) is 0 Å². The van der Waals surface area contributed by atoms with Gasteiger partial charge in [0.15, 0.2) is 6.67 Å². The molecule has 5 heterocycles. The van der Waals surface area contributed by atoms with E-state index < -0.39 is 0 Å². The molecular formula is C22H20N5+. The van der Waals surface area contributed by atoms with Crippen molar-refractivity contribution >= 4 is 11.7 Å². The smallest absolute Gasteiger partial charge is 0.275 e. The van der Waals surface area contributed by atoms with Crippen LogP contribution in [0.5, 0.6) is 0 Å². The Kier molecular flexibility index (Phi) is 5.11. The van der Waals surface area contributed by atoms with Gasteiger partial charge in [-0.1, -0.05) is 24.3 Å². The van der Waals surface area contributed by atoms with Gasteiger partial charge >= 0.3 is 5.82 Å². The number of hydrogen-bond donors (Lipinski definition) is 0. The third-order valence-corrected chi connectivity index (χ3v) is 4.18. The van der Waals surface area contributed by atoms with Crippen molar-refractivity contribution in [3.63, 3.8) is 0 Å². The van der Waals surface area contributed by atoms with E-state index in [1.165, 1.54) is 0 Å². The monoisotopic (exact) mass is 354 g/mol.